The van der Waals surface area contributed by atoms with Crippen molar-refractivity contribution in [3.8, 4) is 0 Å². The molecule has 2 heterocycles. The maximum absolute atomic E-state index is 13.0. The number of benzene rings is 1. The number of urea groups is 1. The van der Waals surface area contributed by atoms with Crippen molar-refractivity contribution in [1.82, 2.24) is 14.5 Å². The maximum atomic E-state index is 13.0. The highest BCUT2D eigenvalue weighted by Crippen LogP contribution is 2.37. The molecule has 0 aromatic heterocycles. The molecule has 1 unspecified atom stereocenters. The Kier molecular flexibility index (Phi) is 7.03. The second-order valence-corrected chi connectivity index (χ2v) is 11.7. The van der Waals surface area contributed by atoms with Crippen molar-refractivity contribution in [3.63, 3.8) is 0 Å². The second kappa shape index (κ2) is 9.08. The maximum Gasteiger partial charge on any atom is 0.332 e. The van der Waals surface area contributed by atoms with Gasteiger partial charge in [-0.05, 0) is 56.3 Å². The van der Waals surface area contributed by atoms with Crippen LogP contribution in [0.3, 0.4) is 0 Å². The van der Waals surface area contributed by atoms with E-state index in [1.165, 1.54) is 0 Å². The van der Waals surface area contributed by atoms with Gasteiger partial charge in [0, 0.05) is 30.4 Å². The van der Waals surface area contributed by atoms with Crippen LogP contribution in [0.15, 0.2) is 18.2 Å². The van der Waals surface area contributed by atoms with Gasteiger partial charge < -0.3 is 5.32 Å². The summed E-state index contributed by atoms with van der Waals surface area (Å²) in [6.07, 6.45) is 2.06. The summed E-state index contributed by atoms with van der Waals surface area (Å²) >= 11 is 0. The summed E-state index contributed by atoms with van der Waals surface area (Å²) in [4.78, 5) is 17.3. The standard InChI is InChI=1S/C23H38N4O3S/c1-16(2)18-9-7-10-19(17(3)4)21(18)24-22(28)25-31(29,30)15-20-23(5)11-8-12-27(23)14-13-26(20)6/h7,9-10,16-17,20H,8,11-15H2,1-6H3,(H2,24,25,28)/t20?,23-/m0/s1. The highest BCUT2D eigenvalue weighted by Gasteiger charge is 2.49. The summed E-state index contributed by atoms with van der Waals surface area (Å²) in [5.74, 6) is 0.317. The summed E-state index contributed by atoms with van der Waals surface area (Å²) in [6.45, 7) is 13.2. The van der Waals surface area contributed by atoms with Gasteiger partial charge in [-0.15, -0.1) is 0 Å². The van der Waals surface area contributed by atoms with Crippen LogP contribution < -0.4 is 10.0 Å². The first-order chi connectivity index (χ1) is 14.4. The second-order valence-electron chi connectivity index (χ2n) is 9.90. The van der Waals surface area contributed by atoms with E-state index in [1.54, 1.807) is 0 Å². The topological polar surface area (TPSA) is 81.8 Å². The molecule has 0 radical (unpaired) electrons. The summed E-state index contributed by atoms with van der Waals surface area (Å²) in [6, 6.07) is 5.10. The Morgan fingerprint density at radius 1 is 1.13 bits per heavy atom. The number of likely N-dealkylation sites (N-methyl/N-ethyl adjacent to an activating group) is 1. The highest BCUT2D eigenvalue weighted by atomic mass is 32.2. The number of nitrogens with one attached hydrogen (secondary N) is 2. The number of hydrogen-bond donors (Lipinski definition) is 2. The molecule has 8 heteroatoms. The lowest BCUT2D eigenvalue weighted by Crippen LogP contribution is -2.65. The lowest BCUT2D eigenvalue weighted by Gasteiger charge is -2.50. The number of sulfonamides is 1. The van der Waals surface area contributed by atoms with Crippen LogP contribution in [-0.4, -0.2) is 68.3 Å². The van der Waals surface area contributed by atoms with Gasteiger partial charge in [0.2, 0.25) is 10.0 Å². The zero-order valence-corrected chi connectivity index (χ0v) is 20.6. The van der Waals surface area contributed by atoms with Crippen molar-refractivity contribution < 1.29 is 13.2 Å². The van der Waals surface area contributed by atoms with E-state index in [0.29, 0.717) is 5.69 Å². The number of fused-ring (bicyclic) bond motifs is 1. The molecule has 0 aliphatic carbocycles. The Balaban J connectivity index is 1.76. The van der Waals surface area contributed by atoms with Crippen LogP contribution in [0.1, 0.15) is 70.4 Å². The lowest BCUT2D eigenvalue weighted by atomic mass is 9.87. The first-order valence-corrected chi connectivity index (χ1v) is 13.0. The van der Waals surface area contributed by atoms with Gasteiger partial charge in [-0.3, -0.25) is 9.80 Å². The van der Waals surface area contributed by atoms with Crippen molar-refractivity contribution in [2.45, 2.75) is 70.9 Å². The fourth-order valence-corrected chi connectivity index (χ4v) is 6.67. The molecule has 7 nitrogen and oxygen atoms in total. The summed E-state index contributed by atoms with van der Waals surface area (Å²) in [5.41, 5.74) is 2.54. The Morgan fingerprint density at radius 3 is 2.32 bits per heavy atom. The van der Waals surface area contributed by atoms with Gasteiger partial charge in [0.25, 0.3) is 0 Å². The van der Waals surface area contributed by atoms with Crippen LogP contribution in [-0.2, 0) is 10.0 Å². The molecule has 2 aliphatic heterocycles. The molecule has 2 aliphatic rings. The predicted octanol–water partition coefficient (Wildman–Crippen LogP) is 3.55. The van der Waals surface area contributed by atoms with Crippen molar-refractivity contribution >= 4 is 21.7 Å². The minimum atomic E-state index is -3.81. The van der Waals surface area contributed by atoms with E-state index >= 15 is 0 Å². The number of anilines is 1. The quantitative estimate of drug-likeness (QED) is 0.693. The number of para-hydroxylation sites is 1. The predicted molar refractivity (Wildman–Crippen MR) is 126 cm³/mol. The summed E-state index contributed by atoms with van der Waals surface area (Å²) in [7, 11) is -1.83. The minimum absolute atomic E-state index is 0.0905. The molecule has 2 N–H and O–H groups in total. The van der Waals surface area contributed by atoms with Crippen molar-refractivity contribution in [3.05, 3.63) is 29.3 Å². The molecule has 2 saturated heterocycles. The van der Waals surface area contributed by atoms with Gasteiger partial charge >= 0.3 is 6.03 Å². The monoisotopic (exact) mass is 450 g/mol. The molecule has 1 aromatic rings. The summed E-state index contributed by atoms with van der Waals surface area (Å²) in [5, 5.41) is 2.85. The lowest BCUT2D eigenvalue weighted by molar-refractivity contribution is 0.00604. The Labute approximate surface area is 187 Å². The zero-order chi connectivity index (χ0) is 23.0. The first-order valence-electron chi connectivity index (χ1n) is 11.3. The van der Waals surface area contributed by atoms with Crippen LogP contribution in [0.4, 0.5) is 10.5 Å². The van der Waals surface area contributed by atoms with Crippen LogP contribution in [0.2, 0.25) is 0 Å². The molecule has 2 fully saturated rings. The minimum Gasteiger partial charge on any atom is -0.307 e. The van der Waals surface area contributed by atoms with Crippen molar-refractivity contribution in [1.29, 1.82) is 0 Å². The zero-order valence-electron chi connectivity index (χ0n) is 19.7. The van der Waals surface area contributed by atoms with Crippen molar-refractivity contribution in [2.75, 3.05) is 37.8 Å². The van der Waals surface area contributed by atoms with Crippen LogP contribution in [0.5, 0.6) is 0 Å². The van der Waals surface area contributed by atoms with E-state index in [4.69, 9.17) is 0 Å². The van der Waals surface area contributed by atoms with Crippen LogP contribution in [0, 0.1) is 0 Å². The first kappa shape index (κ1) is 24.0. The van der Waals surface area contributed by atoms with E-state index in [2.05, 4.69) is 54.5 Å². The van der Waals surface area contributed by atoms with E-state index in [-0.39, 0.29) is 29.2 Å². The van der Waals surface area contributed by atoms with E-state index in [9.17, 15) is 13.2 Å². The summed E-state index contributed by atoms with van der Waals surface area (Å²) < 4.78 is 28.3. The van der Waals surface area contributed by atoms with E-state index in [1.807, 2.05) is 25.2 Å². The average molecular weight is 451 g/mol. The average Bonchev–Trinajstić information content (AvgIpc) is 3.05. The van der Waals surface area contributed by atoms with E-state index < -0.39 is 16.1 Å². The third kappa shape index (κ3) is 5.07. The largest absolute Gasteiger partial charge is 0.332 e. The number of carbonyl (C=O) groups is 1. The van der Waals surface area contributed by atoms with Gasteiger partial charge in [0.05, 0.1) is 5.75 Å². The number of nitrogens with zero attached hydrogens (tertiary/aromatic N) is 2. The molecular formula is C23H38N4O3S. The number of rotatable bonds is 6. The van der Waals surface area contributed by atoms with Gasteiger partial charge in [0.15, 0.2) is 0 Å². The van der Waals surface area contributed by atoms with Gasteiger partial charge in [-0.1, -0.05) is 45.9 Å². The molecule has 174 valence electrons. The SMILES string of the molecule is CC(C)c1cccc(C(C)C)c1NC(=O)NS(=O)(=O)CC1N(C)CCN2CCC[C@@]12C. The molecule has 0 saturated carbocycles. The Hall–Kier alpha value is -1.64. The van der Waals surface area contributed by atoms with E-state index in [0.717, 1.165) is 43.6 Å². The fraction of sp³-hybridized carbons (Fsp3) is 0.696. The number of carbonyl (C=O) groups excluding carboxylic acids is 1. The van der Waals surface area contributed by atoms with Crippen LogP contribution in [0.25, 0.3) is 0 Å². The number of hydrogen-bond acceptors (Lipinski definition) is 5. The Bertz CT molecular complexity index is 889. The highest BCUT2D eigenvalue weighted by molar-refractivity contribution is 7.90. The number of amides is 2. The smallest absolute Gasteiger partial charge is 0.307 e. The molecule has 3 rings (SSSR count). The molecule has 0 spiro atoms. The molecule has 1 aromatic carbocycles. The molecule has 2 atom stereocenters. The van der Waals surface area contributed by atoms with Gasteiger partial charge in [-0.2, -0.15) is 0 Å². The fourth-order valence-electron chi connectivity index (χ4n) is 5.23. The molecular weight excluding hydrogens is 412 g/mol. The van der Waals surface area contributed by atoms with Crippen LogP contribution >= 0.6 is 0 Å². The number of piperazine rings is 1. The van der Waals surface area contributed by atoms with Crippen molar-refractivity contribution in [2.24, 2.45) is 0 Å². The third-order valence-electron chi connectivity index (χ3n) is 7.04. The Morgan fingerprint density at radius 2 is 1.74 bits per heavy atom. The van der Waals surface area contributed by atoms with Gasteiger partial charge in [-0.25, -0.2) is 17.9 Å². The third-order valence-corrected chi connectivity index (χ3v) is 8.29. The molecule has 31 heavy (non-hydrogen) atoms. The normalized spacial score (nSPS) is 25.1. The molecule has 0 bridgehead atoms. The molecule has 2 amide bonds. The van der Waals surface area contributed by atoms with Gasteiger partial charge in [0.1, 0.15) is 0 Å².